The summed E-state index contributed by atoms with van der Waals surface area (Å²) in [7, 11) is 0. The lowest BCUT2D eigenvalue weighted by atomic mass is 10.2. The number of hydrogen-bond donors (Lipinski definition) is 2. The second kappa shape index (κ2) is 11.2. The Morgan fingerprint density at radius 3 is 2.21 bits per heavy atom. The Morgan fingerprint density at radius 2 is 1.53 bits per heavy atom. The first-order valence-corrected chi connectivity index (χ1v) is 12.6. The number of thioether (sulfide) groups is 1. The first kappa shape index (κ1) is 23.9. The Hall–Kier alpha value is -3.26. The summed E-state index contributed by atoms with van der Waals surface area (Å²) in [5.74, 6) is 0.150. The molecule has 34 heavy (non-hydrogen) atoms. The molecule has 7 nitrogen and oxygen atoms in total. The smallest absolute Gasteiger partial charge is 0.242 e. The number of carbonyl (C=O) groups is 3. The summed E-state index contributed by atoms with van der Waals surface area (Å²) in [6.45, 7) is 3.44. The van der Waals surface area contributed by atoms with Gasteiger partial charge in [-0.2, -0.15) is 0 Å². The molecule has 4 rings (SSSR count). The van der Waals surface area contributed by atoms with Gasteiger partial charge in [-0.25, -0.2) is 0 Å². The minimum atomic E-state index is -0.138. The predicted octanol–water partition coefficient (Wildman–Crippen LogP) is 4.73. The van der Waals surface area contributed by atoms with Gasteiger partial charge < -0.3 is 20.1 Å². The quantitative estimate of drug-likeness (QED) is 0.481. The van der Waals surface area contributed by atoms with Gasteiger partial charge in [0.25, 0.3) is 0 Å². The largest absolute Gasteiger partial charge is 0.341 e. The van der Waals surface area contributed by atoms with Crippen molar-refractivity contribution in [3.05, 3.63) is 54.7 Å². The lowest BCUT2D eigenvalue weighted by Gasteiger charge is -2.20. The Morgan fingerprint density at radius 1 is 0.882 bits per heavy atom. The van der Waals surface area contributed by atoms with Crippen LogP contribution in [0.4, 0.5) is 11.4 Å². The predicted molar refractivity (Wildman–Crippen MR) is 137 cm³/mol. The Bertz CT molecular complexity index is 1160. The number of rotatable bonds is 7. The Kier molecular flexibility index (Phi) is 7.90. The van der Waals surface area contributed by atoms with Crippen LogP contribution >= 0.6 is 11.8 Å². The molecule has 1 aromatic heterocycles. The fourth-order valence-electron chi connectivity index (χ4n) is 4.21. The van der Waals surface area contributed by atoms with Gasteiger partial charge >= 0.3 is 0 Å². The molecule has 3 amide bonds. The lowest BCUT2D eigenvalue weighted by molar-refractivity contribution is -0.131. The highest BCUT2D eigenvalue weighted by Gasteiger charge is 2.18. The number of anilines is 2. The van der Waals surface area contributed by atoms with E-state index in [4.69, 9.17) is 0 Å². The molecule has 1 fully saturated rings. The highest BCUT2D eigenvalue weighted by Crippen LogP contribution is 2.30. The fraction of sp³-hybridized carbons (Fsp3) is 0.346. The van der Waals surface area contributed by atoms with Crippen LogP contribution in [0.2, 0.25) is 0 Å². The van der Waals surface area contributed by atoms with E-state index in [9.17, 15) is 14.4 Å². The third kappa shape index (κ3) is 6.20. The zero-order valence-electron chi connectivity index (χ0n) is 19.4. The van der Waals surface area contributed by atoms with Crippen LogP contribution in [0.15, 0.2) is 59.6 Å². The van der Waals surface area contributed by atoms with Gasteiger partial charge in [0.1, 0.15) is 6.54 Å². The van der Waals surface area contributed by atoms with Crippen molar-refractivity contribution in [2.75, 3.05) is 29.5 Å². The number of amides is 3. The highest BCUT2D eigenvalue weighted by atomic mass is 32.2. The number of nitrogens with zero attached hydrogens (tertiary/aromatic N) is 2. The van der Waals surface area contributed by atoms with Crippen LogP contribution in [0.5, 0.6) is 0 Å². The molecule has 0 unspecified atom stereocenters. The van der Waals surface area contributed by atoms with Gasteiger partial charge in [-0.3, -0.25) is 14.4 Å². The zero-order valence-corrected chi connectivity index (χ0v) is 20.2. The number of nitrogens with one attached hydrogen (secondary N) is 2. The van der Waals surface area contributed by atoms with Crippen molar-refractivity contribution in [2.45, 2.75) is 44.0 Å². The number of para-hydroxylation sites is 1. The summed E-state index contributed by atoms with van der Waals surface area (Å²) >= 11 is 1.46. The van der Waals surface area contributed by atoms with Crippen molar-refractivity contribution in [1.29, 1.82) is 0 Å². The van der Waals surface area contributed by atoms with E-state index in [2.05, 4.69) is 10.6 Å². The maximum absolute atomic E-state index is 12.9. The minimum Gasteiger partial charge on any atom is -0.341 e. The Balaban J connectivity index is 1.39. The molecule has 1 aliphatic heterocycles. The average Bonchev–Trinajstić information content (AvgIpc) is 2.98. The van der Waals surface area contributed by atoms with E-state index in [0.29, 0.717) is 17.9 Å². The zero-order chi connectivity index (χ0) is 23.9. The number of carbonyl (C=O) groups excluding carboxylic acids is 3. The number of likely N-dealkylation sites (tertiary alicyclic amines) is 1. The van der Waals surface area contributed by atoms with Crippen molar-refractivity contribution >= 4 is 51.8 Å². The average molecular weight is 479 g/mol. The van der Waals surface area contributed by atoms with Crippen molar-refractivity contribution in [3.8, 4) is 0 Å². The molecule has 1 saturated heterocycles. The van der Waals surface area contributed by atoms with Gasteiger partial charge in [0.2, 0.25) is 17.7 Å². The molecule has 0 bridgehead atoms. The minimum absolute atomic E-state index is 0.116. The SMILES string of the molecule is CC(=O)Nc1ccc(NC(=O)CSc2cn(CC(=O)N3CCCCCC3)c3ccccc23)cc1. The molecule has 0 radical (unpaired) electrons. The van der Waals surface area contributed by atoms with Gasteiger partial charge in [-0.05, 0) is 43.2 Å². The maximum Gasteiger partial charge on any atom is 0.242 e. The molecule has 0 aliphatic carbocycles. The molecule has 0 saturated carbocycles. The fourth-order valence-corrected chi connectivity index (χ4v) is 5.09. The molecular weight excluding hydrogens is 448 g/mol. The van der Waals surface area contributed by atoms with Crippen molar-refractivity contribution in [3.63, 3.8) is 0 Å². The molecule has 8 heteroatoms. The highest BCUT2D eigenvalue weighted by molar-refractivity contribution is 8.00. The van der Waals surface area contributed by atoms with Crippen LogP contribution in [0.25, 0.3) is 10.9 Å². The van der Waals surface area contributed by atoms with Crippen molar-refractivity contribution < 1.29 is 14.4 Å². The number of hydrogen-bond acceptors (Lipinski definition) is 4. The standard InChI is InChI=1S/C26H30N4O3S/c1-19(31)27-20-10-12-21(13-11-20)28-25(32)18-34-24-16-30(23-9-5-4-8-22(23)24)17-26(33)29-14-6-2-3-7-15-29/h4-5,8-13,16H,2-3,6-7,14-15,17-18H2,1H3,(H,27,31)(H,28,32). The molecule has 0 spiro atoms. The molecule has 2 aromatic carbocycles. The van der Waals surface area contributed by atoms with E-state index < -0.39 is 0 Å². The first-order chi connectivity index (χ1) is 16.5. The monoisotopic (exact) mass is 478 g/mol. The van der Waals surface area contributed by atoms with Crippen LogP contribution in [0, 0.1) is 0 Å². The summed E-state index contributed by atoms with van der Waals surface area (Å²) in [6, 6.07) is 15.0. The molecule has 178 valence electrons. The summed E-state index contributed by atoms with van der Waals surface area (Å²) in [4.78, 5) is 39.6. The molecule has 2 heterocycles. The normalized spacial score (nSPS) is 14.0. The second-order valence-corrected chi connectivity index (χ2v) is 9.55. The van der Waals surface area contributed by atoms with Crippen LogP contribution in [-0.4, -0.2) is 46.0 Å². The van der Waals surface area contributed by atoms with Gasteiger partial charge in [-0.15, -0.1) is 11.8 Å². The number of fused-ring (bicyclic) bond motifs is 1. The van der Waals surface area contributed by atoms with Crippen LogP contribution < -0.4 is 10.6 Å². The van der Waals surface area contributed by atoms with Crippen LogP contribution in [-0.2, 0) is 20.9 Å². The lowest BCUT2D eigenvalue weighted by Crippen LogP contribution is -2.34. The van der Waals surface area contributed by atoms with Crippen molar-refractivity contribution in [1.82, 2.24) is 9.47 Å². The van der Waals surface area contributed by atoms with E-state index in [0.717, 1.165) is 41.7 Å². The topological polar surface area (TPSA) is 83.4 Å². The van der Waals surface area contributed by atoms with Crippen LogP contribution in [0.1, 0.15) is 32.6 Å². The maximum atomic E-state index is 12.9. The third-order valence-corrected chi connectivity index (χ3v) is 6.91. The molecular formula is C26H30N4O3S. The third-order valence-electron chi connectivity index (χ3n) is 5.86. The van der Waals surface area contributed by atoms with E-state index in [1.807, 2.05) is 39.9 Å². The van der Waals surface area contributed by atoms with Gasteiger partial charge in [0, 0.05) is 53.4 Å². The first-order valence-electron chi connectivity index (χ1n) is 11.7. The summed E-state index contributed by atoms with van der Waals surface area (Å²) < 4.78 is 2.00. The molecule has 1 aliphatic rings. The van der Waals surface area contributed by atoms with E-state index in [1.165, 1.54) is 31.5 Å². The van der Waals surface area contributed by atoms with Crippen molar-refractivity contribution in [2.24, 2.45) is 0 Å². The molecule has 0 atom stereocenters. The summed E-state index contributed by atoms with van der Waals surface area (Å²) in [6.07, 6.45) is 6.52. The Labute approximate surface area is 203 Å². The van der Waals surface area contributed by atoms with E-state index in [-0.39, 0.29) is 23.5 Å². The summed E-state index contributed by atoms with van der Waals surface area (Å²) in [5.41, 5.74) is 2.36. The van der Waals surface area contributed by atoms with Crippen LogP contribution in [0.3, 0.4) is 0 Å². The van der Waals surface area contributed by atoms with Gasteiger partial charge in [-0.1, -0.05) is 31.0 Å². The molecule has 2 N–H and O–H groups in total. The number of aromatic nitrogens is 1. The van der Waals surface area contributed by atoms with E-state index in [1.54, 1.807) is 24.3 Å². The second-order valence-electron chi connectivity index (χ2n) is 8.53. The van der Waals surface area contributed by atoms with Gasteiger partial charge in [0.15, 0.2) is 0 Å². The van der Waals surface area contributed by atoms with Gasteiger partial charge in [0.05, 0.1) is 5.75 Å². The summed E-state index contributed by atoms with van der Waals surface area (Å²) in [5, 5.41) is 6.64. The van der Waals surface area contributed by atoms with E-state index >= 15 is 0 Å². The molecule has 3 aromatic rings. The number of benzene rings is 2.